The van der Waals surface area contributed by atoms with Gasteiger partial charge in [0.2, 0.25) is 0 Å². The molecular weight excluding hydrogens is 316 g/mol. The highest BCUT2D eigenvalue weighted by molar-refractivity contribution is 6.07. The topological polar surface area (TPSA) is 73.7 Å². The summed E-state index contributed by atoms with van der Waals surface area (Å²) in [5.74, 6) is -0.223. The summed E-state index contributed by atoms with van der Waals surface area (Å²) in [7, 11) is 0. The predicted molar refractivity (Wildman–Crippen MR) is 97.3 cm³/mol. The van der Waals surface area contributed by atoms with E-state index in [0.29, 0.717) is 5.56 Å². The SMILES string of the molecule is O=C(c1cc(-c2ccccc2)nc2ccccc12)N(CCO)CCO. The molecule has 0 bridgehead atoms. The van der Waals surface area contributed by atoms with Crippen molar-refractivity contribution in [2.24, 2.45) is 0 Å². The zero-order valence-corrected chi connectivity index (χ0v) is 13.8. The predicted octanol–water partition coefficient (Wildman–Crippen LogP) is 2.33. The minimum atomic E-state index is -0.223. The maximum atomic E-state index is 13.0. The number of hydrogen-bond acceptors (Lipinski definition) is 4. The van der Waals surface area contributed by atoms with Crippen LogP contribution in [0.25, 0.3) is 22.2 Å². The second-order valence-electron chi connectivity index (χ2n) is 5.68. The number of carbonyl (C=O) groups excluding carboxylic acids is 1. The van der Waals surface area contributed by atoms with Crippen LogP contribution in [-0.2, 0) is 0 Å². The number of benzene rings is 2. The summed E-state index contributed by atoms with van der Waals surface area (Å²) in [6.45, 7) is 0.0496. The van der Waals surface area contributed by atoms with Crippen molar-refractivity contribution in [2.45, 2.75) is 0 Å². The Kier molecular flexibility index (Phi) is 5.38. The van der Waals surface area contributed by atoms with Crippen molar-refractivity contribution in [1.82, 2.24) is 9.88 Å². The molecule has 0 atom stereocenters. The van der Waals surface area contributed by atoms with Crippen LogP contribution in [-0.4, -0.2) is 52.3 Å². The fraction of sp³-hybridized carbons (Fsp3) is 0.200. The Labute approximate surface area is 146 Å². The van der Waals surface area contributed by atoms with Crippen LogP contribution in [0.3, 0.4) is 0 Å². The molecule has 0 aliphatic carbocycles. The lowest BCUT2D eigenvalue weighted by Gasteiger charge is -2.22. The molecule has 5 heteroatoms. The van der Waals surface area contributed by atoms with E-state index >= 15 is 0 Å². The van der Waals surface area contributed by atoms with Crippen LogP contribution in [0.2, 0.25) is 0 Å². The fourth-order valence-electron chi connectivity index (χ4n) is 2.84. The standard InChI is InChI=1S/C20H20N2O3/c23-12-10-22(11-13-24)20(25)17-14-19(15-6-2-1-3-7-15)21-18-9-5-4-8-16(17)18/h1-9,14,23-24H,10-13H2. The van der Waals surface area contributed by atoms with Crippen molar-refractivity contribution in [2.75, 3.05) is 26.3 Å². The number of aliphatic hydroxyl groups excluding tert-OH is 2. The van der Waals surface area contributed by atoms with Crippen molar-refractivity contribution in [3.05, 3.63) is 66.2 Å². The average molecular weight is 336 g/mol. The van der Waals surface area contributed by atoms with Crippen LogP contribution in [0.4, 0.5) is 0 Å². The molecule has 0 saturated heterocycles. The molecule has 1 amide bonds. The van der Waals surface area contributed by atoms with Gasteiger partial charge < -0.3 is 15.1 Å². The van der Waals surface area contributed by atoms with E-state index < -0.39 is 0 Å². The number of fused-ring (bicyclic) bond motifs is 1. The van der Waals surface area contributed by atoms with E-state index in [1.54, 1.807) is 6.07 Å². The van der Waals surface area contributed by atoms with Gasteiger partial charge in [0.25, 0.3) is 5.91 Å². The normalized spacial score (nSPS) is 10.8. The number of nitrogens with zero attached hydrogens (tertiary/aromatic N) is 2. The molecule has 2 N–H and O–H groups in total. The second-order valence-corrected chi connectivity index (χ2v) is 5.68. The van der Waals surface area contributed by atoms with Gasteiger partial charge >= 0.3 is 0 Å². The largest absolute Gasteiger partial charge is 0.395 e. The van der Waals surface area contributed by atoms with Gasteiger partial charge in [-0.3, -0.25) is 4.79 Å². The molecular formula is C20H20N2O3. The Bertz CT molecular complexity index is 859. The first-order valence-corrected chi connectivity index (χ1v) is 8.21. The lowest BCUT2D eigenvalue weighted by Crippen LogP contribution is -2.36. The number of rotatable bonds is 6. The summed E-state index contributed by atoms with van der Waals surface area (Å²) in [4.78, 5) is 19.1. The summed E-state index contributed by atoms with van der Waals surface area (Å²) in [5.41, 5.74) is 2.90. The first kappa shape index (κ1) is 17.1. The van der Waals surface area contributed by atoms with Crippen molar-refractivity contribution in [3.63, 3.8) is 0 Å². The van der Waals surface area contributed by atoms with Gasteiger partial charge in [-0.2, -0.15) is 0 Å². The molecule has 0 saturated carbocycles. The highest BCUT2D eigenvalue weighted by Crippen LogP contribution is 2.25. The minimum absolute atomic E-state index is 0.152. The van der Waals surface area contributed by atoms with Crippen LogP contribution in [0, 0.1) is 0 Å². The lowest BCUT2D eigenvalue weighted by atomic mass is 10.0. The third kappa shape index (κ3) is 3.68. The molecule has 25 heavy (non-hydrogen) atoms. The van der Waals surface area contributed by atoms with Crippen LogP contribution >= 0.6 is 0 Å². The molecule has 0 spiro atoms. The molecule has 0 radical (unpaired) electrons. The molecule has 1 aromatic heterocycles. The monoisotopic (exact) mass is 336 g/mol. The first-order valence-electron chi connectivity index (χ1n) is 8.21. The molecule has 5 nitrogen and oxygen atoms in total. The van der Waals surface area contributed by atoms with Gasteiger partial charge in [0.05, 0.1) is 30.0 Å². The zero-order valence-electron chi connectivity index (χ0n) is 13.8. The third-order valence-electron chi connectivity index (χ3n) is 4.04. The van der Waals surface area contributed by atoms with E-state index in [2.05, 4.69) is 4.98 Å². The van der Waals surface area contributed by atoms with Crippen LogP contribution in [0.1, 0.15) is 10.4 Å². The van der Waals surface area contributed by atoms with Gasteiger partial charge in [0.1, 0.15) is 0 Å². The van der Waals surface area contributed by atoms with Gasteiger partial charge in [-0.05, 0) is 12.1 Å². The van der Waals surface area contributed by atoms with E-state index in [9.17, 15) is 15.0 Å². The molecule has 2 aromatic carbocycles. The van der Waals surface area contributed by atoms with Crippen molar-refractivity contribution in [3.8, 4) is 11.3 Å². The summed E-state index contributed by atoms with van der Waals surface area (Å²) in [5, 5.41) is 19.2. The summed E-state index contributed by atoms with van der Waals surface area (Å²) in [6.07, 6.45) is 0. The molecule has 0 fully saturated rings. The Morgan fingerprint density at radius 2 is 1.56 bits per heavy atom. The highest BCUT2D eigenvalue weighted by Gasteiger charge is 2.19. The van der Waals surface area contributed by atoms with Crippen LogP contribution in [0.15, 0.2) is 60.7 Å². The molecule has 1 heterocycles. The minimum Gasteiger partial charge on any atom is -0.395 e. The van der Waals surface area contributed by atoms with E-state index in [-0.39, 0.29) is 32.2 Å². The lowest BCUT2D eigenvalue weighted by molar-refractivity contribution is 0.0687. The van der Waals surface area contributed by atoms with Crippen molar-refractivity contribution in [1.29, 1.82) is 0 Å². The number of aliphatic hydroxyl groups is 2. The maximum Gasteiger partial charge on any atom is 0.254 e. The first-order chi connectivity index (χ1) is 12.2. The quantitative estimate of drug-likeness (QED) is 0.724. The summed E-state index contributed by atoms with van der Waals surface area (Å²) < 4.78 is 0. The molecule has 128 valence electrons. The van der Waals surface area contributed by atoms with Gasteiger partial charge in [0.15, 0.2) is 0 Å². The number of pyridine rings is 1. The third-order valence-corrected chi connectivity index (χ3v) is 4.04. The van der Waals surface area contributed by atoms with Crippen molar-refractivity contribution < 1.29 is 15.0 Å². The maximum absolute atomic E-state index is 13.0. The van der Waals surface area contributed by atoms with Gasteiger partial charge in [-0.15, -0.1) is 0 Å². The van der Waals surface area contributed by atoms with E-state index in [1.165, 1.54) is 4.90 Å². The molecule has 3 aromatic rings. The molecule has 0 unspecified atom stereocenters. The summed E-state index contributed by atoms with van der Waals surface area (Å²) >= 11 is 0. The number of aromatic nitrogens is 1. The van der Waals surface area contributed by atoms with E-state index in [4.69, 9.17) is 0 Å². The molecule has 0 aliphatic rings. The highest BCUT2D eigenvalue weighted by atomic mass is 16.3. The fourth-order valence-corrected chi connectivity index (χ4v) is 2.84. The van der Waals surface area contributed by atoms with Crippen molar-refractivity contribution >= 4 is 16.8 Å². The number of amides is 1. The average Bonchev–Trinajstić information content (AvgIpc) is 2.67. The van der Waals surface area contributed by atoms with Gasteiger partial charge in [-0.1, -0.05) is 48.5 Å². The Morgan fingerprint density at radius 1 is 0.920 bits per heavy atom. The Hall–Kier alpha value is -2.76. The molecule has 0 aliphatic heterocycles. The Morgan fingerprint density at radius 3 is 2.24 bits per heavy atom. The molecule has 3 rings (SSSR count). The zero-order chi connectivity index (χ0) is 17.6. The number of carbonyl (C=O) groups is 1. The second kappa shape index (κ2) is 7.88. The van der Waals surface area contributed by atoms with Gasteiger partial charge in [-0.25, -0.2) is 4.98 Å². The Balaban J connectivity index is 2.14. The number of para-hydroxylation sites is 1. The smallest absolute Gasteiger partial charge is 0.254 e. The summed E-state index contributed by atoms with van der Waals surface area (Å²) in [6, 6.07) is 19.0. The van der Waals surface area contributed by atoms with Crippen LogP contribution < -0.4 is 0 Å². The van der Waals surface area contributed by atoms with Gasteiger partial charge in [0, 0.05) is 24.0 Å². The van der Waals surface area contributed by atoms with E-state index in [1.807, 2.05) is 54.6 Å². The van der Waals surface area contributed by atoms with E-state index in [0.717, 1.165) is 22.2 Å². The number of hydrogen-bond donors (Lipinski definition) is 2. The van der Waals surface area contributed by atoms with Crippen LogP contribution in [0.5, 0.6) is 0 Å².